The zero-order valence-corrected chi connectivity index (χ0v) is 19.2. The van der Waals surface area contributed by atoms with E-state index in [0.29, 0.717) is 36.6 Å². The lowest BCUT2D eigenvalue weighted by Gasteiger charge is -2.13. The zero-order valence-electron chi connectivity index (χ0n) is 19.2. The van der Waals surface area contributed by atoms with Crippen LogP contribution in [-0.4, -0.2) is 32.4 Å². The fourth-order valence-electron chi connectivity index (χ4n) is 3.84. The predicted molar refractivity (Wildman–Crippen MR) is 121 cm³/mol. The third kappa shape index (κ3) is 6.36. The summed E-state index contributed by atoms with van der Waals surface area (Å²) in [6, 6.07) is 9.38. The van der Waals surface area contributed by atoms with Crippen molar-refractivity contribution in [3.63, 3.8) is 0 Å². The molecular weight excluding hydrogens is 447 g/mol. The lowest BCUT2D eigenvalue weighted by Crippen LogP contribution is -2.07. The summed E-state index contributed by atoms with van der Waals surface area (Å²) in [5, 5.41) is 13.7. The molecule has 0 bridgehead atoms. The van der Waals surface area contributed by atoms with Gasteiger partial charge in [0.25, 0.3) is 0 Å². The molecule has 0 radical (unpaired) electrons. The van der Waals surface area contributed by atoms with Crippen molar-refractivity contribution in [1.29, 1.82) is 0 Å². The fourth-order valence-corrected chi connectivity index (χ4v) is 3.84. The maximum atomic E-state index is 12.9. The first kappa shape index (κ1) is 25.3. The largest absolute Gasteiger partial charge is 0.493 e. The third-order valence-electron chi connectivity index (χ3n) is 5.67. The number of nitrogens with zero attached hydrogens (tertiary/aromatic N) is 3. The van der Waals surface area contributed by atoms with Crippen molar-refractivity contribution in [1.82, 2.24) is 14.8 Å². The standard InChI is InChI=1S/C25H28F3N3O3/c1-3-17(4-2)24-19(9-7-13-34-21-10-6-5-8-18(21)14-23(32)33)16-31(30-24)22-12-11-20(15-29-22)25(26,27)28/h5-6,8,10-12,15-17H,3-4,7,9,13-14H2,1-2H3,(H,32,33). The summed E-state index contributed by atoms with van der Waals surface area (Å²) in [7, 11) is 0. The summed E-state index contributed by atoms with van der Waals surface area (Å²) in [4.78, 5) is 15.0. The van der Waals surface area contributed by atoms with Crippen LogP contribution in [-0.2, 0) is 23.8 Å². The van der Waals surface area contributed by atoms with Crippen LogP contribution in [0.3, 0.4) is 0 Å². The molecule has 9 heteroatoms. The van der Waals surface area contributed by atoms with Gasteiger partial charge >= 0.3 is 12.1 Å². The van der Waals surface area contributed by atoms with Crippen molar-refractivity contribution >= 4 is 5.97 Å². The number of ether oxygens (including phenoxy) is 1. The Hall–Kier alpha value is -3.36. The molecule has 0 fully saturated rings. The van der Waals surface area contributed by atoms with Gasteiger partial charge in [-0.05, 0) is 49.4 Å². The van der Waals surface area contributed by atoms with E-state index in [4.69, 9.17) is 9.84 Å². The van der Waals surface area contributed by atoms with E-state index in [-0.39, 0.29) is 12.3 Å². The Bertz CT molecular complexity index is 1090. The highest BCUT2D eigenvalue weighted by molar-refractivity contribution is 5.71. The number of halogens is 3. The number of aliphatic carboxylic acids is 1. The van der Waals surface area contributed by atoms with Crippen LogP contribution in [0.1, 0.15) is 61.4 Å². The van der Waals surface area contributed by atoms with Crippen molar-refractivity contribution in [2.24, 2.45) is 0 Å². The molecule has 6 nitrogen and oxygen atoms in total. The van der Waals surface area contributed by atoms with Crippen LogP contribution in [0.15, 0.2) is 48.8 Å². The first-order chi connectivity index (χ1) is 16.2. The maximum absolute atomic E-state index is 12.9. The van der Waals surface area contributed by atoms with Gasteiger partial charge in [-0.2, -0.15) is 18.3 Å². The highest BCUT2D eigenvalue weighted by Gasteiger charge is 2.30. The van der Waals surface area contributed by atoms with Gasteiger partial charge in [0.2, 0.25) is 0 Å². The molecule has 182 valence electrons. The molecule has 0 unspecified atom stereocenters. The van der Waals surface area contributed by atoms with E-state index in [1.54, 1.807) is 24.3 Å². The second kappa shape index (κ2) is 11.2. The third-order valence-corrected chi connectivity index (χ3v) is 5.67. The summed E-state index contributed by atoms with van der Waals surface area (Å²) in [5.41, 5.74) is 1.73. The van der Waals surface area contributed by atoms with E-state index in [9.17, 15) is 18.0 Å². The van der Waals surface area contributed by atoms with Crippen molar-refractivity contribution in [3.8, 4) is 11.6 Å². The van der Waals surface area contributed by atoms with E-state index < -0.39 is 17.7 Å². The summed E-state index contributed by atoms with van der Waals surface area (Å²) >= 11 is 0. The molecule has 0 spiro atoms. The van der Waals surface area contributed by atoms with Crippen molar-refractivity contribution < 1.29 is 27.8 Å². The zero-order chi connectivity index (χ0) is 24.7. The van der Waals surface area contributed by atoms with Crippen molar-refractivity contribution in [2.75, 3.05) is 6.61 Å². The fraction of sp³-hybridized carbons (Fsp3) is 0.400. The lowest BCUT2D eigenvalue weighted by atomic mass is 9.95. The number of hydrogen-bond acceptors (Lipinski definition) is 4. The van der Waals surface area contributed by atoms with E-state index in [2.05, 4.69) is 23.9 Å². The summed E-state index contributed by atoms with van der Waals surface area (Å²) < 4.78 is 46.0. The molecule has 0 amide bonds. The molecule has 2 aromatic heterocycles. The number of carboxylic acid groups (broad SMARTS) is 1. The number of rotatable bonds is 11. The average Bonchev–Trinajstić information content (AvgIpc) is 3.22. The van der Waals surface area contributed by atoms with Crippen LogP contribution >= 0.6 is 0 Å². The number of alkyl halides is 3. The van der Waals surface area contributed by atoms with E-state index >= 15 is 0 Å². The number of para-hydroxylation sites is 1. The Balaban J connectivity index is 1.73. The summed E-state index contributed by atoms with van der Waals surface area (Å²) in [6.45, 7) is 4.55. The predicted octanol–water partition coefficient (Wildman–Crippen LogP) is 5.83. The van der Waals surface area contributed by atoms with Crippen LogP contribution in [0.5, 0.6) is 5.75 Å². The smallest absolute Gasteiger partial charge is 0.417 e. The average molecular weight is 476 g/mol. The van der Waals surface area contributed by atoms with Gasteiger partial charge in [0, 0.05) is 23.9 Å². The van der Waals surface area contributed by atoms with Crippen LogP contribution in [0.4, 0.5) is 13.2 Å². The molecular formula is C25H28F3N3O3. The Morgan fingerprint density at radius 2 is 1.85 bits per heavy atom. The van der Waals surface area contributed by atoms with Gasteiger partial charge in [0.05, 0.1) is 24.3 Å². The molecule has 2 heterocycles. The Morgan fingerprint density at radius 3 is 2.47 bits per heavy atom. The first-order valence-electron chi connectivity index (χ1n) is 11.3. The molecule has 1 N–H and O–H groups in total. The molecule has 0 aliphatic rings. The van der Waals surface area contributed by atoms with Gasteiger partial charge in [-0.1, -0.05) is 32.0 Å². The van der Waals surface area contributed by atoms with E-state index in [1.807, 2.05) is 6.20 Å². The molecule has 0 aliphatic heterocycles. The number of aromatic nitrogens is 3. The Morgan fingerprint density at radius 1 is 1.12 bits per heavy atom. The molecule has 3 rings (SSSR count). The van der Waals surface area contributed by atoms with Gasteiger partial charge in [-0.15, -0.1) is 0 Å². The van der Waals surface area contributed by atoms with Gasteiger partial charge in [-0.25, -0.2) is 9.67 Å². The molecule has 0 saturated heterocycles. The van der Waals surface area contributed by atoms with Crippen LogP contribution < -0.4 is 4.74 Å². The van der Waals surface area contributed by atoms with Crippen LogP contribution in [0.25, 0.3) is 5.82 Å². The second-order valence-electron chi connectivity index (χ2n) is 8.03. The van der Waals surface area contributed by atoms with E-state index in [1.165, 1.54) is 10.7 Å². The normalized spacial score (nSPS) is 11.7. The second-order valence-corrected chi connectivity index (χ2v) is 8.03. The molecule has 0 aliphatic carbocycles. The minimum atomic E-state index is -4.44. The van der Waals surface area contributed by atoms with E-state index in [0.717, 1.165) is 36.4 Å². The monoisotopic (exact) mass is 475 g/mol. The number of benzene rings is 1. The number of aryl methyl sites for hydroxylation is 1. The van der Waals surface area contributed by atoms with Gasteiger partial charge < -0.3 is 9.84 Å². The number of hydrogen-bond donors (Lipinski definition) is 1. The minimum Gasteiger partial charge on any atom is -0.493 e. The van der Waals surface area contributed by atoms with Crippen LogP contribution in [0.2, 0.25) is 0 Å². The highest BCUT2D eigenvalue weighted by Crippen LogP contribution is 2.30. The lowest BCUT2D eigenvalue weighted by molar-refractivity contribution is -0.138. The molecule has 1 aromatic carbocycles. The number of carboxylic acids is 1. The molecule has 0 atom stereocenters. The van der Waals surface area contributed by atoms with Gasteiger partial charge in [0.15, 0.2) is 5.82 Å². The molecule has 0 saturated carbocycles. The number of pyridine rings is 1. The quantitative estimate of drug-likeness (QED) is 0.353. The Kier molecular flexibility index (Phi) is 8.31. The summed E-state index contributed by atoms with van der Waals surface area (Å²) in [6.07, 6.45) is 1.19. The van der Waals surface area contributed by atoms with Crippen molar-refractivity contribution in [3.05, 3.63) is 71.2 Å². The first-order valence-corrected chi connectivity index (χ1v) is 11.3. The molecule has 3 aromatic rings. The molecule has 34 heavy (non-hydrogen) atoms. The number of carbonyl (C=O) groups is 1. The topological polar surface area (TPSA) is 77.2 Å². The summed E-state index contributed by atoms with van der Waals surface area (Å²) in [5.74, 6) is 0.179. The SMILES string of the molecule is CCC(CC)c1nn(-c2ccc(C(F)(F)F)cn2)cc1CCCOc1ccccc1CC(=O)O. The van der Waals surface area contributed by atoms with Crippen molar-refractivity contribution in [2.45, 2.75) is 58.0 Å². The maximum Gasteiger partial charge on any atom is 0.417 e. The minimum absolute atomic E-state index is 0.109. The van der Waals surface area contributed by atoms with Crippen LogP contribution in [0, 0.1) is 0 Å². The van der Waals surface area contributed by atoms with Gasteiger partial charge in [0.1, 0.15) is 5.75 Å². The van der Waals surface area contributed by atoms with Gasteiger partial charge in [-0.3, -0.25) is 4.79 Å². The highest BCUT2D eigenvalue weighted by atomic mass is 19.4. The Labute approximate surface area is 196 Å².